The van der Waals surface area contributed by atoms with E-state index in [2.05, 4.69) is 21.2 Å². The molecule has 1 spiro atoms. The highest BCUT2D eigenvalue weighted by Crippen LogP contribution is 2.54. The van der Waals surface area contributed by atoms with Crippen LogP contribution >= 0.6 is 15.9 Å². The summed E-state index contributed by atoms with van der Waals surface area (Å²) in [6.45, 7) is 1.66. The zero-order chi connectivity index (χ0) is 24.5. The number of carboxylic acid groups (broad SMARTS) is 1. The summed E-state index contributed by atoms with van der Waals surface area (Å²) >= 11 is 3.41. The van der Waals surface area contributed by atoms with Gasteiger partial charge in [-0.25, -0.2) is 4.79 Å². The van der Waals surface area contributed by atoms with Crippen molar-refractivity contribution in [2.45, 2.75) is 51.0 Å². The van der Waals surface area contributed by atoms with E-state index in [1.165, 1.54) is 0 Å². The Morgan fingerprint density at radius 1 is 1.09 bits per heavy atom. The molecule has 0 amide bonds. The molecule has 0 aromatic heterocycles. The van der Waals surface area contributed by atoms with E-state index in [-0.39, 0.29) is 12.2 Å². The van der Waals surface area contributed by atoms with Crippen LogP contribution in [0.3, 0.4) is 0 Å². The summed E-state index contributed by atoms with van der Waals surface area (Å²) in [6, 6.07) is 13.5. The standard InChI is InChI=1S/C27H30BrNO5/c1-26(25(31)32,29-23-22(28)24(30)27(23)12-8-5-9-13-27)16-17-14-19(33-2)21(20(15-17)34-3)18-10-6-4-7-11-18/h4,6-7,10-11,14-15,29H,5,8-9,12-13,16H2,1-3H3,(H,31,32)/t26-/m0/s1. The Hall–Kier alpha value is -2.80. The fraction of sp³-hybridized carbons (Fsp3) is 0.407. The molecule has 2 N–H and O–H groups in total. The summed E-state index contributed by atoms with van der Waals surface area (Å²) in [5.74, 6) is 0.307. The molecule has 1 saturated carbocycles. The fourth-order valence-corrected chi connectivity index (χ4v) is 6.06. The average Bonchev–Trinajstić information content (AvgIpc) is 2.87. The third-order valence-corrected chi connectivity index (χ3v) is 7.85. The van der Waals surface area contributed by atoms with Crippen molar-refractivity contribution in [3.05, 3.63) is 58.2 Å². The van der Waals surface area contributed by atoms with Crippen LogP contribution in [-0.4, -0.2) is 36.6 Å². The van der Waals surface area contributed by atoms with Crippen LogP contribution in [0.5, 0.6) is 11.5 Å². The van der Waals surface area contributed by atoms with Crippen LogP contribution in [0.4, 0.5) is 0 Å². The lowest BCUT2D eigenvalue weighted by molar-refractivity contribution is -0.144. The maximum Gasteiger partial charge on any atom is 0.329 e. The molecular weight excluding hydrogens is 498 g/mol. The van der Waals surface area contributed by atoms with Crippen LogP contribution < -0.4 is 14.8 Å². The molecule has 0 bridgehead atoms. The van der Waals surface area contributed by atoms with E-state index in [0.29, 0.717) is 16.0 Å². The molecule has 4 rings (SSSR count). The number of aliphatic carboxylic acids is 1. The minimum absolute atomic E-state index is 0.0815. The van der Waals surface area contributed by atoms with Gasteiger partial charge >= 0.3 is 5.97 Å². The van der Waals surface area contributed by atoms with Crippen molar-refractivity contribution in [2.75, 3.05) is 14.2 Å². The highest BCUT2D eigenvalue weighted by Gasteiger charge is 2.55. The molecule has 1 atom stereocenters. The van der Waals surface area contributed by atoms with Gasteiger partial charge in [0.15, 0.2) is 5.78 Å². The third kappa shape index (κ3) is 4.11. The van der Waals surface area contributed by atoms with Gasteiger partial charge in [0.05, 0.1) is 29.7 Å². The number of benzene rings is 2. The number of hydrogen-bond donors (Lipinski definition) is 2. The second-order valence-corrected chi connectivity index (χ2v) is 10.1. The lowest BCUT2D eigenvalue weighted by atomic mass is 9.62. The fourth-order valence-electron chi connectivity index (χ4n) is 5.21. The number of halogens is 1. The molecule has 34 heavy (non-hydrogen) atoms. The maximum absolute atomic E-state index is 12.8. The SMILES string of the molecule is COc1cc(C[C@](C)(NC2=C(Br)C(=O)C23CCCCC3)C(=O)O)cc(OC)c1-c1ccccc1. The summed E-state index contributed by atoms with van der Waals surface area (Å²) < 4.78 is 11.8. The van der Waals surface area contributed by atoms with Gasteiger partial charge in [-0.1, -0.05) is 49.6 Å². The number of ether oxygens (including phenoxy) is 2. The van der Waals surface area contributed by atoms with Crippen LogP contribution in [0.15, 0.2) is 52.6 Å². The van der Waals surface area contributed by atoms with Crippen molar-refractivity contribution < 1.29 is 24.2 Å². The molecule has 2 aliphatic rings. The van der Waals surface area contributed by atoms with Gasteiger partial charge in [0.25, 0.3) is 0 Å². The molecule has 0 aliphatic heterocycles. The van der Waals surface area contributed by atoms with Gasteiger partial charge in [-0.2, -0.15) is 0 Å². The smallest absolute Gasteiger partial charge is 0.329 e. The van der Waals surface area contributed by atoms with Crippen LogP contribution in [0, 0.1) is 5.41 Å². The summed E-state index contributed by atoms with van der Waals surface area (Å²) in [5.41, 5.74) is 1.33. The van der Waals surface area contributed by atoms with Crippen molar-refractivity contribution in [3.63, 3.8) is 0 Å². The third-order valence-electron chi connectivity index (χ3n) is 7.10. The molecule has 0 unspecified atom stereocenters. The van der Waals surface area contributed by atoms with E-state index in [0.717, 1.165) is 54.5 Å². The number of carbonyl (C=O) groups is 2. The van der Waals surface area contributed by atoms with Gasteiger partial charge in [0.1, 0.15) is 17.0 Å². The van der Waals surface area contributed by atoms with Gasteiger partial charge in [0.2, 0.25) is 0 Å². The second-order valence-electron chi connectivity index (χ2n) is 9.34. The largest absolute Gasteiger partial charge is 0.496 e. The van der Waals surface area contributed by atoms with E-state index in [1.807, 2.05) is 42.5 Å². The molecule has 2 aliphatic carbocycles. The van der Waals surface area contributed by atoms with Gasteiger partial charge in [0, 0.05) is 12.1 Å². The molecule has 0 radical (unpaired) electrons. The molecule has 0 saturated heterocycles. The van der Waals surface area contributed by atoms with Crippen molar-refractivity contribution >= 4 is 27.7 Å². The van der Waals surface area contributed by atoms with E-state index in [1.54, 1.807) is 21.1 Å². The van der Waals surface area contributed by atoms with Gasteiger partial charge < -0.3 is 19.9 Å². The molecule has 0 heterocycles. The molecule has 6 nitrogen and oxygen atoms in total. The Bertz CT molecular complexity index is 1110. The van der Waals surface area contributed by atoms with Crippen LogP contribution in [0.1, 0.15) is 44.6 Å². The Labute approximate surface area is 208 Å². The van der Waals surface area contributed by atoms with Crippen molar-refractivity contribution in [3.8, 4) is 22.6 Å². The number of nitrogens with one attached hydrogen (secondary N) is 1. The molecule has 2 aromatic carbocycles. The number of allylic oxidation sites excluding steroid dienone is 2. The van der Waals surface area contributed by atoms with E-state index in [4.69, 9.17) is 9.47 Å². The van der Waals surface area contributed by atoms with Crippen molar-refractivity contribution in [1.82, 2.24) is 5.32 Å². The molecule has 180 valence electrons. The minimum atomic E-state index is -1.33. The quantitative estimate of drug-likeness (QED) is 0.472. The topological polar surface area (TPSA) is 84.9 Å². The van der Waals surface area contributed by atoms with Crippen LogP contribution in [-0.2, 0) is 16.0 Å². The Morgan fingerprint density at radius 3 is 2.21 bits per heavy atom. The average molecular weight is 528 g/mol. The van der Waals surface area contributed by atoms with Crippen molar-refractivity contribution in [2.24, 2.45) is 5.41 Å². The zero-order valence-electron chi connectivity index (χ0n) is 19.7. The lowest BCUT2D eigenvalue weighted by Gasteiger charge is -2.48. The van der Waals surface area contributed by atoms with Crippen LogP contribution in [0.2, 0.25) is 0 Å². The predicted molar refractivity (Wildman–Crippen MR) is 134 cm³/mol. The zero-order valence-corrected chi connectivity index (χ0v) is 21.3. The first-order chi connectivity index (χ1) is 16.3. The van der Waals surface area contributed by atoms with E-state index < -0.39 is 16.9 Å². The number of ketones is 1. The normalized spacial score (nSPS) is 18.8. The van der Waals surface area contributed by atoms with Crippen molar-refractivity contribution in [1.29, 1.82) is 0 Å². The number of carbonyl (C=O) groups excluding carboxylic acids is 1. The van der Waals surface area contributed by atoms with Gasteiger partial charge in [-0.05, 0) is 59.0 Å². The highest BCUT2D eigenvalue weighted by atomic mass is 79.9. The summed E-state index contributed by atoms with van der Waals surface area (Å²) in [7, 11) is 3.18. The number of hydrogen-bond acceptors (Lipinski definition) is 5. The Kier molecular flexibility index (Phi) is 6.76. The monoisotopic (exact) mass is 527 g/mol. The van der Waals surface area contributed by atoms with E-state index in [9.17, 15) is 14.7 Å². The number of Topliss-reactive ketones (excluding diaryl/α,β-unsaturated/α-hetero) is 1. The minimum Gasteiger partial charge on any atom is -0.496 e. The Balaban J connectivity index is 1.69. The second kappa shape index (κ2) is 9.45. The first kappa shape index (κ1) is 24.3. The maximum atomic E-state index is 12.8. The predicted octanol–water partition coefficient (Wildman–Crippen LogP) is 5.49. The summed E-state index contributed by atoms with van der Waals surface area (Å²) in [5, 5.41) is 13.5. The molecule has 2 aromatic rings. The first-order valence-electron chi connectivity index (χ1n) is 11.5. The molecular formula is C27H30BrNO5. The number of methoxy groups -OCH3 is 2. The number of rotatable bonds is 8. The molecule has 1 fully saturated rings. The lowest BCUT2D eigenvalue weighted by Crippen LogP contribution is -2.58. The highest BCUT2D eigenvalue weighted by molar-refractivity contribution is 9.12. The number of carboxylic acids is 1. The van der Waals surface area contributed by atoms with Gasteiger partial charge in [-0.15, -0.1) is 0 Å². The van der Waals surface area contributed by atoms with E-state index >= 15 is 0 Å². The Morgan fingerprint density at radius 2 is 1.68 bits per heavy atom. The summed E-state index contributed by atoms with van der Waals surface area (Å²) in [4.78, 5) is 25.3. The van der Waals surface area contributed by atoms with Crippen LogP contribution in [0.25, 0.3) is 11.1 Å². The first-order valence-corrected chi connectivity index (χ1v) is 12.3. The summed E-state index contributed by atoms with van der Waals surface area (Å²) in [6.07, 6.45) is 4.73. The molecule has 7 heteroatoms. The van der Waals surface area contributed by atoms with Gasteiger partial charge in [-0.3, -0.25) is 4.79 Å².